The highest BCUT2D eigenvalue weighted by Crippen LogP contribution is 2.30. The van der Waals surface area contributed by atoms with Gasteiger partial charge in [0.2, 0.25) is 5.91 Å². The Balaban J connectivity index is 2.04. The number of benzene rings is 1. The van der Waals surface area contributed by atoms with Gasteiger partial charge in [0.15, 0.2) is 0 Å². The molecule has 1 fully saturated rings. The molecule has 0 unspecified atom stereocenters. The summed E-state index contributed by atoms with van der Waals surface area (Å²) in [4.78, 5) is 13.6. The fraction of sp³-hybridized carbons (Fsp3) is 0.533. The summed E-state index contributed by atoms with van der Waals surface area (Å²) in [6.07, 6.45) is 3.86. The molecule has 4 N–H and O–H groups in total. The van der Waals surface area contributed by atoms with E-state index in [9.17, 15) is 4.79 Å². The molecule has 1 aliphatic rings. The van der Waals surface area contributed by atoms with Crippen molar-refractivity contribution in [2.45, 2.75) is 32.7 Å². The van der Waals surface area contributed by atoms with Crippen LogP contribution in [0.15, 0.2) is 18.2 Å². The SMILES string of the molecule is CCCN(Cc1ccc(C(N)=O)cc1N)CC1CC1. The largest absolute Gasteiger partial charge is 0.398 e. The third-order valence-corrected chi connectivity index (χ3v) is 3.58. The Hall–Kier alpha value is -1.55. The average molecular weight is 261 g/mol. The monoisotopic (exact) mass is 261 g/mol. The smallest absolute Gasteiger partial charge is 0.248 e. The van der Waals surface area contributed by atoms with E-state index in [4.69, 9.17) is 11.5 Å². The lowest BCUT2D eigenvalue weighted by molar-refractivity contribution is 0.100. The first-order valence-corrected chi connectivity index (χ1v) is 7.00. The Morgan fingerprint density at radius 2 is 2.16 bits per heavy atom. The van der Waals surface area contributed by atoms with Gasteiger partial charge in [0.1, 0.15) is 0 Å². The molecule has 2 rings (SSSR count). The van der Waals surface area contributed by atoms with E-state index >= 15 is 0 Å². The third-order valence-electron chi connectivity index (χ3n) is 3.58. The van der Waals surface area contributed by atoms with Crippen molar-refractivity contribution in [3.63, 3.8) is 0 Å². The molecular weight excluding hydrogens is 238 g/mol. The molecule has 4 heteroatoms. The molecular formula is C15H23N3O. The van der Waals surface area contributed by atoms with E-state index < -0.39 is 5.91 Å². The standard InChI is InChI=1S/C15H23N3O/c1-2-7-18(9-11-3-4-11)10-13-6-5-12(15(17)19)8-14(13)16/h5-6,8,11H,2-4,7,9-10,16H2,1H3,(H2,17,19). The van der Waals surface area contributed by atoms with E-state index in [1.807, 2.05) is 6.07 Å². The first kappa shape index (κ1) is 13.9. The molecule has 19 heavy (non-hydrogen) atoms. The van der Waals surface area contributed by atoms with Crippen LogP contribution in [0.3, 0.4) is 0 Å². The maximum absolute atomic E-state index is 11.1. The minimum atomic E-state index is -0.429. The van der Waals surface area contributed by atoms with Crippen LogP contribution in [0.1, 0.15) is 42.1 Å². The van der Waals surface area contributed by atoms with Crippen molar-refractivity contribution >= 4 is 11.6 Å². The van der Waals surface area contributed by atoms with Crippen molar-refractivity contribution in [1.82, 2.24) is 4.90 Å². The molecule has 1 saturated carbocycles. The molecule has 0 aromatic heterocycles. The van der Waals surface area contributed by atoms with Crippen LogP contribution in [0.25, 0.3) is 0 Å². The lowest BCUT2D eigenvalue weighted by Crippen LogP contribution is -2.27. The molecule has 0 radical (unpaired) electrons. The van der Waals surface area contributed by atoms with Gasteiger partial charge in [-0.3, -0.25) is 9.69 Å². The summed E-state index contributed by atoms with van der Waals surface area (Å²) in [7, 11) is 0. The number of anilines is 1. The molecule has 0 aliphatic heterocycles. The lowest BCUT2D eigenvalue weighted by atomic mass is 10.1. The molecule has 0 heterocycles. The summed E-state index contributed by atoms with van der Waals surface area (Å²) in [5.41, 5.74) is 13.5. The van der Waals surface area contributed by atoms with Crippen LogP contribution in [0.4, 0.5) is 5.69 Å². The number of nitrogens with zero attached hydrogens (tertiary/aromatic N) is 1. The highest BCUT2D eigenvalue weighted by atomic mass is 16.1. The number of carbonyl (C=O) groups excluding carboxylic acids is 1. The minimum Gasteiger partial charge on any atom is -0.398 e. The Kier molecular flexibility index (Phi) is 4.43. The van der Waals surface area contributed by atoms with Gasteiger partial charge in [-0.2, -0.15) is 0 Å². The number of rotatable bonds is 7. The van der Waals surface area contributed by atoms with Gasteiger partial charge >= 0.3 is 0 Å². The Morgan fingerprint density at radius 3 is 2.68 bits per heavy atom. The lowest BCUT2D eigenvalue weighted by Gasteiger charge is -2.22. The van der Waals surface area contributed by atoms with Gasteiger partial charge in [0.05, 0.1) is 0 Å². The first-order chi connectivity index (χ1) is 9.10. The second-order valence-electron chi connectivity index (χ2n) is 5.46. The maximum Gasteiger partial charge on any atom is 0.248 e. The molecule has 1 aromatic carbocycles. The zero-order valence-corrected chi connectivity index (χ0v) is 11.6. The Bertz CT molecular complexity index is 455. The van der Waals surface area contributed by atoms with Crippen molar-refractivity contribution in [3.05, 3.63) is 29.3 Å². The van der Waals surface area contributed by atoms with E-state index in [2.05, 4.69) is 11.8 Å². The van der Waals surface area contributed by atoms with Crippen molar-refractivity contribution in [1.29, 1.82) is 0 Å². The number of hydrogen-bond donors (Lipinski definition) is 2. The third kappa shape index (κ3) is 3.96. The highest BCUT2D eigenvalue weighted by Gasteiger charge is 2.24. The molecule has 0 saturated heterocycles. The zero-order valence-electron chi connectivity index (χ0n) is 11.6. The van der Waals surface area contributed by atoms with Gasteiger partial charge < -0.3 is 11.5 Å². The van der Waals surface area contributed by atoms with E-state index in [-0.39, 0.29) is 0 Å². The van der Waals surface area contributed by atoms with Crippen LogP contribution in [-0.4, -0.2) is 23.9 Å². The van der Waals surface area contributed by atoms with Crippen LogP contribution < -0.4 is 11.5 Å². The topological polar surface area (TPSA) is 72.3 Å². The van der Waals surface area contributed by atoms with E-state index in [1.165, 1.54) is 12.8 Å². The van der Waals surface area contributed by atoms with Crippen molar-refractivity contribution in [2.24, 2.45) is 11.7 Å². The van der Waals surface area contributed by atoms with Crippen LogP contribution in [-0.2, 0) is 6.54 Å². The maximum atomic E-state index is 11.1. The summed E-state index contributed by atoms with van der Waals surface area (Å²) < 4.78 is 0. The van der Waals surface area contributed by atoms with Gasteiger partial charge in [-0.1, -0.05) is 13.0 Å². The quantitative estimate of drug-likeness (QED) is 0.737. The van der Waals surface area contributed by atoms with Gasteiger partial charge in [-0.05, 0) is 49.4 Å². The number of primary amides is 1. The van der Waals surface area contributed by atoms with Crippen molar-refractivity contribution < 1.29 is 4.79 Å². The van der Waals surface area contributed by atoms with Crippen LogP contribution in [0.5, 0.6) is 0 Å². The van der Waals surface area contributed by atoms with Gasteiger partial charge in [-0.25, -0.2) is 0 Å². The number of hydrogen-bond acceptors (Lipinski definition) is 3. The second-order valence-corrected chi connectivity index (χ2v) is 5.46. The summed E-state index contributed by atoms with van der Waals surface area (Å²) in [6.45, 7) is 5.30. The summed E-state index contributed by atoms with van der Waals surface area (Å²) >= 11 is 0. The van der Waals surface area contributed by atoms with Crippen LogP contribution in [0.2, 0.25) is 0 Å². The second kappa shape index (κ2) is 6.06. The highest BCUT2D eigenvalue weighted by molar-refractivity contribution is 5.93. The average Bonchev–Trinajstić information content (AvgIpc) is 3.15. The molecule has 1 amide bonds. The minimum absolute atomic E-state index is 0.429. The van der Waals surface area contributed by atoms with Crippen molar-refractivity contribution in [2.75, 3.05) is 18.8 Å². The zero-order chi connectivity index (χ0) is 13.8. The van der Waals surface area contributed by atoms with E-state index in [0.717, 1.165) is 37.5 Å². The predicted octanol–water partition coefficient (Wildman–Crippen LogP) is 1.99. The summed E-state index contributed by atoms with van der Waals surface area (Å²) in [5, 5.41) is 0. The van der Waals surface area contributed by atoms with E-state index in [1.54, 1.807) is 12.1 Å². The van der Waals surface area contributed by atoms with Gasteiger partial charge in [-0.15, -0.1) is 0 Å². The fourth-order valence-electron chi connectivity index (χ4n) is 2.35. The molecule has 1 aromatic rings. The van der Waals surface area contributed by atoms with Gasteiger partial charge in [0.25, 0.3) is 0 Å². The Labute approximate surface area is 114 Å². The fourth-order valence-corrected chi connectivity index (χ4v) is 2.35. The van der Waals surface area contributed by atoms with E-state index in [0.29, 0.717) is 11.3 Å². The molecule has 4 nitrogen and oxygen atoms in total. The normalized spacial score (nSPS) is 14.8. The van der Waals surface area contributed by atoms with Crippen LogP contribution in [0, 0.1) is 5.92 Å². The molecule has 0 atom stereocenters. The Morgan fingerprint density at radius 1 is 1.42 bits per heavy atom. The van der Waals surface area contributed by atoms with Crippen LogP contribution >= 0.6 is 0 Å². The van der Waals surface area contributed by atoms with Crippen molar-refractivity contribution in [3.8, 4) is 0 Å². The molecule has 104 valence electrons. The number of nitrogens with two attached hydrogens (primary N) is 2. The number of nitrogen functional groups attached to an aromatic ring is 1. The first-order valence-electron chi connectivity index (χ1n) is 7.00. The molecule has 1 aliphatic carbocycles. The summed E-state index contributed by atoms with van der Waals surface area (Å²) in [5.74, 6) is 0.444. The summed E-state index contributed by atoms with van der Waals surface area (Å²) in [6, 6.07) is 5.36. The molecule has 0 spiro atoms. The van der Waals surface area contributed by atoms with Gasteiger partial charge in [0, 0.05) is 24.3 Å². The molecule has 0 bridgehead atoms. The number of amides is 1. The number of carbonyl (C=O) groups is 1. The predicted molar refractivity (Wildman–Crippen MR) is 77.7 cm³/mol.